The number of benzene rings is 1. The first-order valence-electron chi connectivity index (χ1n) is 9.50. The molecule has 7 nitrogen and oxygen atoms in total. The van der Waals surface area contributed by atoms with Gasteiger partial charge in [0, 0.05) is 32.5 Å². The highest BCUT2D eigenvalue weighted by Gasteiger charge is 2.13. The fourth-order valence-corrected chi connectivity index (χ4v) is 2.85. The van der Waals surface area contributed by atoms with Gasteiger partial charge in [0.15, 0.2) is 5.69 Å². The van der Waals surface area contributed by atoms with Gasteiger partial charge < -0.3 is 15.0 Å². The van der Waals surface area contributed by atoms with E-state index in [-0.39, 0.29) is 5.91 Å². The number of carbonyl (C=O) groups excluding carboxylic acids is 1. The molecule has 1 N–H and O–H groups in total. The minimum absolute atomic E-state index is 0.144. The van der Waals surface area contributed by atoms with E-state index in [2.05, 4.69) is 26.6 Å². The maximum Gasteiger partial charge on any atom is 0.274 e. The summed E-state index contributed by atoms with van der Waals surface area (Å²) in [7, 11) is 3.43. The summed E-state index contributed by atoms with van der Waals surface area (Å²) < 4.78 is 5.24. The fourth-order valence-electron chi connectivity index (χ4n) is 2.85. The zero-order chi connectivity index (χ0) is 20.5. The Morgan fingerprint density at radius 2 is 1.86 bits per heavy atom. The summed E-state index contributed by atoms with van der Waals surface area (Å²) in [5.74, 6) is 1.34. The minimum atomic E-state index is -0.144. The Kier molecular flexibility index (Phi) is 7.10. The molecule has 0 bridgehead atoms. The lowest BCUT2D eigenvalue weighted by Crippen LogP contribution is -2.29. The highest BCUT2D eigenvalue weighted by atomic mass is 16.5. The Balaban J connectivity index is 1.47. The number of anilines is 1. The number of rotatable bonds is 9. The van der Waals surface area contributed by atoms with Crippen molar-refractivity contribution in [2.45, 2.75) is 12.8 Å². The average Bonchev–Trinajstić information content (AvgIpc) is 2.78. The third-order valence-electron chi connectivity index (χ3n) is 4.57. The van der Waals surface area contributed by atoms with E-state index in [1.807, 2.05) is 30.3 Å². The van der Waals surface area contributed by atoms with Crippen molar-refractivity contribution in [2.75, 3.05) is 32.6 Å². The number of carbonyl (C=O) groups is 1. The van der Waals surface area contributed by atoms with Gasteiger partial charge in [-0.25, -0.2) is 0 Å². The molecule has 2 heterocycles. The number of likely N-dealkylation sites (N-methyl/N-ethyl adjacent to an activating group) is 1. The van der Waals surface area contributed by atoms with E-state index in [0.717, 1.165) is 24.2 Å². The molecule has 29 heavy (non-hydrogen) atoms. The first kappa shape index (κ1) is 20.3. The predicted octanol–water partition coefficient (Wildman–Crippen LogP) is 2.85. The molecule has 150 valence electrons. The van der Waals surface area contributed by atoms with E-state index >= 15 is 0 Å². The number of hydrogen-bond donors (Lipinski definition) is 1. The van der Waals surface area contributed by atoms with Crippen LogP contribution in [0.15, 0.2) is 60.9 Å². The normalized spacial score (nSPS) is 10.4. The molecule has 0 aliphatic heterocycles. The van der Waals surface area contributed by atoms with Crippen LogP contribution in [0.1, 0.15) is 21.6 Å². The molecule has 0 saturated carbocycles. The number of hydrogen-bond acceptors (Lipinski definition) is 6. The highest BCUT2D eigenvalue weighted by molar-refractivity contribution is 5.92. The van der Waals surface area contributed by atoms with Crippen LogP contribution in [0.4, 0.5) is 5.82 Å². The molecule has 0 radical (unpaired) electrons. The molecule has 0 aliphatic rings. The van der Waals surface area contributed by atoms with Gasteiger partial charge in [0.05, 0.1) is 7.11 Å². The summed E-state index contributed by atoms with van der Waals surface area (Å²) in [6.07, 6.45) is 5.10. The fraction of sp³-hybridized carbons (Fsp3) is 0.273. The highest BCUT2D eigenvalue weighted by Crippen LogP contribution is 2.13. The molecule has 0 fully saturated rings. The van der Waals surface area contributed by atoms with E-state index in [4.69, 9.17) is 4.74 Å². The minimum Gasteiger partial charge on any atom is -0.497 e. The van der Waals surface area contributed by atoms with Crippen molar-refractivity contribution in [3.8, 4) is 5.75 Å². The van der Waals surface area contributed by atoms with Crippen LogP contribution < -0.4 is 10.1 Å². The summed E-state index contributed by atoms with van der Waals surface area (Å²) in [6, 6.07) is 15.3. The summed E-state index contributed by atoms with van der Waals surface area (Å²) in [5.41, 5.74) is 2.65. The first-order chi connectivity index (χ1) is 14.2. The standard InChI is InChI=1S/C22H25N5O2/c1-27(15-11-17-8-12-23-13-9-17)22(28)20-6-7-21(26-25-20)24-14-10-18-4-3-5-19(16-18)29-2/h3-9,12-13,16H,10-11,14-15H2,1-2H3,(H,24,26). The number of nitrogens with zero attached hydrogens (tertiary/aromatic N) is 4. The molecule has 0 atom stereocenters. The maximum absolute atomic E-state index is 12.5. The molecule has 0 spiro atoms. The molecule has 1 aromatic carbocycles. The molecule has 0 unspecified atom stereocenters. The Hall–Kier alpha value is -3.48. The zero-order valence-corrected chi connectivity index (χ0v) is 16.7. The van der Waals surface area contributed by atoms with Crippen LogP contribution in [0, 0.1) is 0 Å². The first-order valence-corrected chi connectivity index (χ1v) is 9.50. The topological polar surface area (TPSA) is 80.2 Å². The van der Waals surface area contributed by atoms with Crippen molar-refractivity contribution in [2.24, 2.45) is 0 Å². The molecule has 3 rings (SSSR count). The van der Waals surface area contributed by atoms with Crippen molar-refractivity contribution in [1.29, 1.82) is 0 Å². The molecular formula is C22H25N5O2. The van der Waals surface area contributed by atoms with E-state index < -0.39 is 0 Å². The van der Waals surface area contributed by atoms with E-state index in [0.29, 0.717) is 24.6 Å². The van der Waals surface area contributed by atoms with Gasteiger partial charge in [0.2, 0.25) is 0 Å². The van der Waals surface area contributed by atoms with Crippen LogP contribution in [-0.4, -0.2) is 53.2 Å². The van der Waals surface area contributed by atoms with Gasteiger partial charge in [-0.3, -0.25) is 9.78 Å². The van der Waals surface area contributed by atoms with Gasteiger partial charge in [-0.15, -0.1) is 10.2 Å². The number of nitrogens with one attached hydrogen (secondary N) is 1. The van der Waals surface area contributed by atoms with E-state index in [9.17, 15) is 4.79 Å². The van der Waals surface area contributed by atoms with Gasteiger partial charge in [-0.05, 0) is 60.4 Å². The monoisotopic (exact) mass is 391 g/mol. The van der Waals surface area contributed by atoms with Gasteiger partial charge in [0.1, 0.15) is 11.6 Å². The van der Waals surface area contributed by atoms with E-state index in [1.165, 1.54) is 5.56 Å². The Bertz CT molecular complexity index is 916. The zero-order valence-electron chi connectivity index (χ0n) is 16.7. The van der Waals surface area contributed by atoms with Crippen molar-refractivity contribution in [3.63, 3.8) is 0 Å². The molecule has 3 aromatic rings. The molecule has 7 heteroatoms. The largest absolute Gasteiger partial charge is 0.497 e. The van der Waals surface area contributed by atoms with Gasteiger partial charge >= 0.3 is 0 Å². The van der Waals surface area contributed by atoms with Crippen molar-refractivity contribution >= 4 is 11.7 Å². The van der Waals surface area contributed by atoms with Gasteiger partial charge in [-0.2, -0.15) is 0 Å². The molecule has 1 amide bonds. The molecule has 2 aromatic heterocycles. The average molecular weight is 391 g/mol. The summed E-state index contributed by atoms with van der Waals surface area (Å²) in [5, 5.41) is 11.4. The lowest BCUT2D eigenvalue weighted by molar-refractivity contribution is 0.0789. The van der Waals surface area contributed by atoms with Crippen molar-refractivity contribution < 1.29 is 9.53 Å². The summed E-state index contributed by atoms with van der Waals surface area (Å²) in [6.45, 7) is 1.31. The Labute approximate surface area is 170 Å². The van der Waals surface area contributed by atoms with Gasteiger partial charge in [-0.1, -0.05) is 12.1 Å². The van der Waals surface area contributed by atoms with Crippen LogP contribution in [0.25, 0.3) is 0 Å². The van der Waals surface area contributed by atoms with Crippen molar-refractivity contribution in [1.82, 2.24) is 20.1 Å². The second-order valence-electron chi connectivity index (χ2n) is 6.66. The maximum atomic E-state index is 12.5. The van der Waals surface area contributed by atoms with Crippen LogP contribution in [0.3, 0.4) is 0 Å². The quantitative estimate of drug-likeness (QED) is 0.604. The second kappa shape index (κ2) is 10.2. The van der Waals surface area contributed by atoms with Crippen LogP contribution >= 0.6 is 0 Å². The number of ether oxygens (including phenoxy) is 1. The molecule has 0 aliphatic carbocycles. The summed E-state index contributed by atoms with van der Waals surface area (Å²) >= 11 is 0. The Morgan fingerprint density at radius 1 is 1.03 bits per heavy atom. The number of methoxy groups -OCH3 is 1. The third kappa shape index (κ3) is 6.00. The molecule has 0 saturated heterocycles. The SMILES string of the molecule is COc1cccc(CCNc2ccc(C(=O)N(C)CCc3ccncc3)nn2)c1. The molecular weight excluding hydrogens is 366 g/mol. The van der Waals surface area contributed by atoms with Crippen LogP contribution in [0.2, 0.25) is 0 Å². The van der Waals surface area contributed by atoms with Crippen LogP contribution in [0.5, 0.6) is 5.75 Å². The lowest BCUT2D eigenvalue weighted by Gasteiger charge is -2.16. The summed E-state index contributed by atoms with van der Waals surface area (Å²) in [4.78, 5) is 18.2. The number of amides is 1. The van der Waals surface area contributed by atoms with Gasteiger partial charge in [0.25, 0.3) is 5.91 Å². The Morgan fingerprint density at radius 3 is 2.59 bits per heavy atom. The second-order valence-corrected chi connectivity index (χ2v) is 6.66. The number of pyridine rings is 1. The van der Waals surface area contributed by atoms with E-state index in [1.54, 1.807) is 43.6 Å². The third-order valence-corrected chi connectivity index (χ3v) is 4.57. The van der Waals surface area contributed by atoms with Crippen molar-refractivity contribution in [3.05, 3.63) is 77.7 Å². The smallest absolute Gasteiger partial charge is 0.274 e. The predicted molar refractivity (Wildman–Crippen MR) is 112 cm³/mol. The number of aromatic nitrogens is 3. The lowest BCUT2D eigenvalue weighted by atomic mass is 10.1. The van der Waals surface area contributed by atoms with Crippen LogP contribution in [-0.2, 0) is 12.8 Å².